The van der Waals surface area contributed by atoms with E-state index in [2.05, 4.69) is 50.8 Å². The average Bonchev–Trinajstić information content (AvgIpc) is 3.56. The minimum atomic E-state index is -1.38. The molecule has 0 aliphatic rings. The molecule has 0 spiro atoms. The standard InChI is InChI=1S/C33H44N4O7S/c1-18(31(2,3)4)35(10)17-19-13-20(11-12-33(8,9)43)21-15-23(36(22(21)14-19)30(42)44-32(5,6)7)26-27-24(37(34-26)29(40)41)16-25(45-27)28(38)39/h13-16,18,43H,11-12,17H2,1-10H3,(H,38,39)(H,40,41). The number of carbonyl (C=O) groups excluding carboxylic acids is 1. The second-order valence-corrected chi connectivity index (χ2v) is 15.5. The maximum Gasteiger partial charge on any atom is 0.432 e. The number of carboxylic acid groups (broad SMARTS) is 2. The summed E-state index contributed by atoms with van der Waals surface area (Å²) in [6, 6.07) is 7.30. The van der Waals surface area contributed by atoms with Gasteiger partial charge < -0.3 is 20.1 Å². The van der Waals surface area contributed by atoms with Gasteiger partial charge >= 0.3 is 18.2 Å². The molecule has 11 nitrogen and oxygen atoms in total. The van der Waals surface area contributed by atoms with E-state index in [-0.39, 0.29) is 33.2 Å². The number of aromatic nitrogens is 3. The number of fused-ring (bicyclic) bond motifs is 2. The van der Waals surface area contributed by atoms with Crippen molar-refractivity contribution in [2.45, 2.75) is 98.9 Å². The number of benzene rings is 1. The van der Waals surface area contributed by atoms with Gasteiger partial charge in [-0.2, -0.15) is 9.78 Å². The van der Waals surface area contributed by atoms with E-state index in [0.29, 0.717) is 29.6 Å². The van der Waals surface area contributed by atoms with E-state index < -0.39 is 29.4 Å². The van der Waals surface area contributed by atoms with Crippen LogP contribution < -0.4 is 0 Å². The fraction of sp³-hybridized carbons (Fsp3) is 0.515. The molecule has 0 saturated heterocycles. The zero-order valence-corrected chi connectivity index (χ0v) is 28.5. The second kappa shape index (κ2) is 11.9. The third-order valence-corrected chi connectivity index (χ3v) is 9.10. The first-order valence-corrected chi connectivity index (χ1v) is 15.7. The molecule has 1 aromatic carbocycles. The Morgan fingerprint density at radius 3 is 2.18 bits per heavy atom. The number of nitrogens with zero attached hydrogens (tertiary/aromatic N) is 4. The summed E-state index contributed by atoms with van der Waals surface area (Å²) >= 11 is 0.892. The molecule has 45 heavy (non-hydrogen) atoms. The molecule has 4 rings (SSSR count). The summed E-state index contributed by atoms with van der Waals surface area (Å²) in [6.45, 7) is 18.1. The fourth-order valence-corrected chi connectivity index (χ4v) is 6.24. The predicted molar refractivity (Wildman–Crippen MR) is 176 cm³/mol. The van der Waals surface area contributed by atoms with Crippen LogP contribution in [0.1, 0.15) is 89.5 Å². The highest BCUT2D eigenvalue weighted by atomic mass is 32.1. The molecule has 1 atom stereocenters. The lowest BCUT2D eigenvalue weighted by Gasteiger charge is -2.35. The molecule has 3 heterocycles. The van der Waals surface area contributed by atoms with E-state index in [1.165, 1.54) is 10.6 Å². The molecule has 3 aromatic heterocycles. The number of ether oxygens (including phenoxy) is 1. The first-order chi connectivity index (χ1) is 20.6. The molecule has 4 aromatic rings. The summed E-state index contributed by atoms with van der Waals surface area (Å²) in [4.78, 5) is 40.2. The minimum absolute atomic E-state index is 0.0242. The third-order valence-electron chi connectivity index (χ3n) is 7.99. The molecule has 0 fully saturated rings. The Hall–Kier alpha value is -3.74. The van der Waals surface area contributed by atoms with Gasteiger partial charge in [0.1, 0.15) is 16.2 Å². The lowest BCUT2D eigenvalue weighted by Crippen LogP contribution is -2.38. The van der Waals surface area contributed by atoms with Crippen molar-refractivity contribution in [1.82, 2.24) is 19.2 Å². The highest BCUT2D eigenvalue weighted by Gasteiger charge is 2.30. The first-order valence-electron chi connectivity index (χ1n) is 14.9. The van der Waals surface area contributed by atoms with Gasteiger partial charge in [0.2, 0.25) is 0 Å². The van der Waals surface area contributed by atoms with Crippen LogP contribution in [0.2, 0.25) is 0 Å². The molecular formula is C33H44N4O7S. The topological polar surface area (TPSA) is 147 Å². The minimum Gasteiger partial charge on any atom is -0.477 e. The molecule has 0 bridgehead atoms. The number of aromatic carboxylic acids is 1. The molecule has 0 aliphatic carbocycles. The number of aliphatic hydroxyl groups is 1. The van der Waals surface area contributed by atoms with Gasteiger partial charge in [-0.15, -0.1) is 11.3 Å². The maximum atomic E-state index is 14.0. The summed E-state index contributed by atoms with van der Waals surface area (Å²) in [6.07, 6.45) is -1.10. The number of rotatable bonds is 8. The quantitative estimate of drug-likeness (QED) is 0.180. The van der Waals surface area contributed by atoms with E-state index in [0.717, 1.165) is 32.5 Å². The smallest absolute Gasteiger partial charge is 0.432 e. The van der Waals surface area contributed by atoms with Crippen LogP contribution >= 0.6 is 11.3 Å². The lowest BCUT2D eigenvalue weighted by molar-refractivity contribution is 0.0545. The predicted octanol–water partition coefficient (Wildman–Crippen LogP) is 7.30. The zero-order chi connectivity index (χ0) is 33.8. The monoisotopic (exact) mass is 640 g/mol. The molecule has 244 valence electrons. The number of thiophene rings is 1. The van der Waals surface area contributed by atoms with Crippen molar-refractivity contribution in [1.29, 1.82) is 0 Å². The van der Waals surface area contributed by atoms with Crippen LogP contribution in [-0.4, -0.2) is 77.0 Å². The van der Waals surface area contributed by atoms with Crippen LogP contribution in [0.15, 0.2) is 24.3 Å². The Balaban J connectivity index is 2.05. The van der Waals surface area contributed by atoms with Crippen molar-refractivity contribution in [2.75, 3.05) is 7.05 Å². The third kappa shape index (κ3) is 7.40. The molecule has 0 saturated carbocycles. The number of carboxylic acids is 1. The number of hydrogen-bond acceptors (Lipinski definition) is 8. The van der Waals surface area contributed by atoms with Gasteiger partial charge in [-0.25, -0.2) is 19.0 Å². The van der Waals surface area contributed by atoms with Crippen LogP contribution in [0.5, 0.6) is 0 Å². The van der Waals surface area contributed by atoms with Crippen molar-refractivity contribution >= 4 is 50.6 Å². The van der Waals surface area contributed by atoms with Crippen molar-refractivity contribution in [3.05, 3.63) is 40.3 Å². The number of aryl methyl sites for hydroxylation is 1. The fourth-order valence-electron chi connectivity index (χ4n) is 5.27. The summed E-state index contributed by atoms with van der Waals surface area (Å²) in [7, 11) is 2.06. The number of hydrogen-bond donors (Lipinski definition) is 3. The molecule has 0 aliphatic heterocycles. The van der Waals surface area contributed by atoms with Crippen LogP contribution in [0.3, 0.4) is 0 Å². The molecule has 0 radical (unpaired) electrons. The van der Waals surface area contributed by atoms with Crippen molar-refractivity contribution < 1.29 is 34.4 Å². The molecule has 0 amide bonds. The summed E-state index contributed by atoms with van der Waals surface area (Å²) in [5.41, 5.74) is 1.19. The SMILES string of the molecule is CC(N(C)Cc1cc(CCC(C)(C)O)c2cc(-c3nn(C(=O)O)c4cc(C(=O)O)sc34)n(C(=O)OC(C)(C)C)c2c1)C(C)(C)C. The van der Waals surface area contributed by atoms with E-state index in [1.54, 1.807) is 40.7 Å². The normalized spacial score (nSPS) is 13.6. The maximum absolute atomic E-state index is 14.0. The zero-order valence-electron chi connectivity index (χ0n) is 27.7. The Morgan fingerprint density at radius 1 is 1.00 bits per heavy atom. The van der Waals surface area contributed by atoms with Gasteiger partial charge in [-0.05, 0) is 96.2 Å². The van der Waals surface area contributed by atoms with Gasteiger partial charge in [-0.3, -0.25) is 4.90 Å². The van der Waals surface area contributed by atoms with Gasteiger partial charge in [-0.1, -0.05) is 26.8 Å². The van der Waals surface area contributed by atoms with Crippen LogP contribution in [0, 0.1) is 5.41 Å². The average molecular weight is 641 g/mol. The van der Waals surface area contributed by atoms with Crippen molar-refractivity contribution in [3.63, 3.8) is 0 Å². The summed E-state index contributed by atoms with van der Waals surface area (Å²) in [5.74, 6) is -1.20. The highest BCUT2D eigenvalue weighted by Crippen LogP contribution is 2.39. The van der Waals surface area contributed by atoms with Crippen molar-refractivity contribution in [3.8, 4) is 11.4 Å². The van der Waals surface area contributed by atoms with Crippen molar-refractivity contribution in [2.24, 2.45) is 5.41 Å². The van der Waals surface area contributed by atoms with Gasteiger partial charge in [0.25, 0.3) is 0 Å². The molecule has 3 N–H and O–H groups in total. The van der Waals surface area contributed by atoms with E-state index in [4.69, 9.17) is 4.74 Å². The lowest BCUT2D eigenvalue weighted by atomic mass is 9.87. The summed E-state index contributed by atoms with van der Waals surface area (Å²) in [5, 5.41) is 35.2. The Labute approximate surface area is 267 Å². The molecule has 12 heteroatoms. The Kier molecular flexibility index (Phi) is 9.02. The van der Waals surface area contributed by atoms with E-state index >= 15 is 0 Å². The Bertz CT molecular complexity index is 1780. The first kappa shape index (κ1) is 34.1. The van der Waals surface area contributed by atoms with Crippen LogP contribution in [0.25, 0.3) is 32.5 Å². The van der Waals surface area contributed by atoms with E-state index in [1.807, 2.05) is 6.07 Å². The van der Waals surface area contributed by atoms with Gasteiger partial charge in [0.15, 0.2) is 0 Å². The van der Waals surface area contributed by atoms with E-state index in [9.17, 15) is 29.7 Å². The van der Waals surface area contributed by atoms with Gasteiger partial charge in [0, 0.05) is 18.0 Å². The molecule has 1 unspecified atom stereocenters. The van der Waals surface area contributed by atoms with Gasteiger partial charge in [0.05, 0.1) is 27.0 Å². The summed E-state index contributed by atoms with van der Waals surface area (Å²) < 4.78 is 8.30. The second-order valence-electron chi connectivity index (χ2n) is 14.5. The Morgan fingerprint density at radius 2 is 1.64 bits per heavy atom. The highest BCUT2D eigenvalue weighted by molar-refractivity contribution is 7.21. The largest absolute Gasteiger partial charge is 0.477 e. The molecular weight excluding hydrogens is 596 g/mol. The van der Waals surface area contributed by atoms with Crippen LogP contribution in [0.4, 0.5) is 9.59 Å². The van der Waals surface area contributed by atoms with Crippen LogP contribution in [-0.2, 0) is 17.7 Å². The number of carbonyl (C=O) groups is 3.